The van der Waals surface area contributed by atoms with E-state index in [1.165, 1.54) is 6.21 Å². The van der Waals surface area contributed by atoms with Crippen molar-refractivity contribution in [3.8, 4) is 11.5 Å². The summed E-state index contributed by atoms with van der Waals surface area (Å²) < 4.78 is 11.9. The molecule has 4 aromatic carbocycles. The molecule has 200 valence electrons. The topological polar surface area (TPSA) is 89.0 Å². The Hall–Kier alpha value is -4.36. The third-order valence-electron chi connectivity index (χ3n) is 5.97. The van der Waals surface area contributed by atoms with E-state index in [9.17, 15) is 9.59 Å². The number of hydrogen-bond donors (Lipinski definition) is 2. The predicted molar refractivity (Wildman–Crippen MR) is 156 cm³/mol. The number of hydrogen-bond acceptors (Lipinski definition) is 5. The zero-order valence-electron chi connectivity index (χ0n) is 21.9. The fourth-order valence-corrected chi connectivity index (χ4v) is 4.10. The third-order valence-corrected chi connectivity index (χ3v) is 6.38. The summed E-state index contributed by atoms with van der Waals surface area (Å²) >= 11 is 6.08. The SMILES string of the molecule is CCOc1cc(C=NNC(=O)CCC(=O)Nc2ccc(C)c(Cl)c2)ccc1OCc1cccc2ccccc12. The van der Waals surface area contributed by atoms with Gasteiger partial charge in [-0.2, -0.15) is 5.10 Å². The number of fused-ring (bicyclic) bond motifs is 1. The van der Waals surface area contributed by atoms with E-state index in [1.54, 1.807) is 18.2 Å². The van der Waals surface area contributed by atoms with Crippen molar-refractivity contribution in [1.82, 2.24) is 5.43 Å². The molecule has 0 fully saturated rings. The number of halogens is 1. The second-order valence-corrected chi connectivity index (χ2v) is 9.28. The Morgan fingerprint density at radius 1 is 0.897 bits per heavy atom. The minimum atomic E-state index is -0.372. The van der Waals surface area contributed by atoms with E-state index in [4.69, 9.17) is 21.1 Å². The van der Waals surface area contributed by atoms with Gasteiger partial charge in [-0.1, -0.05) is 60.1 Å². The number of nitrogens with one attached hydrogen (secondary N) is 2. The molecule has 4 aromatic rings. The number of carbonyl (C=O) groups is 2. The van der Waals surface area contributed by atoms with Crippen LogP contribution < -0.4 is 20.2 Å². The van der Waals surface area contributed by atoms with Crippen molar-refractivity contribution in [2.45, 2.75) is 33.3 Å². The second-order valence-electron chi connectivity index (χ2n) is 8.87. The minimum Gasteiger partial charge on any atom is -0.490 e. The number of hydrazone groups is 1. The summed E-state index contributed by atoms with van der Waals surface area (Å²) in [4.78, 5) is 24.3. The van der Waals surface area contributed by atoms with E-state index < -0.39 is 0 Å². The first-order chi connectivity index (χ1) is 18.9. The van der Waals surface area contributed by atoms with E-state index >= 15 is 0 Å². The second kappa shape index (κ2) is 13.4. The maximum atomic E-state index is 12.2. The van der Waals surface area contributed by atoms with E-state index in [-0.39, 0.29) is 24.7 Å². The molecule has 0 unspecified atom stereocenters. The third kappa shape index (κ3) is 7.82. The maximum Gasteiger partial charge on any atom is 0.240 e. The van der Waals surface area contributed by atoms with Gasteiger partial charge in [0.2, 0.25) is 11.8 Å². The fraction of sp³-hybridized carbons (Fsp3) is 0.194. The Morgan fingerprint density at radius 2 is 1.69 bits per heavy atom. The molecule has 0 atom stereocenters. The summed E-state index contributed by atoms with van der Waals surface area (Å²) in [5, 5.41) is 9.62. The number of ether oxygens (including phenoxy) is 2. The Balaban J connectivity index is 1.30. The quantitative estimate of drug-likeness (QED) is 0.164. The number of benzene rings is 4. The standard InChI is InChI=1S/C31H30ClN3O4/c1-3-38-29-17-22(12-14-28(29)39-20-24-9-6-8-23-7-4-5-10-26(23)24)19-33-35-31(37)16-15-30(36)34-25-13-11-21(2)27(32)18-25/h4-14,17-19H,3,15-16,20H2,1-2H3,(H,34,36)(H,35,37). The lowest BCUT2D eigenvalue weighted by Crippen LogP contribution is -2.20. The van der Waals surface area contributed by atoms with Crippen LogP contribution in [-0.2, 0) is 16.2 Å². The molecule has 4 rings (SSSR count). The van der Waals surface area contributed by atoms with Gasteiger partial charge < -0.3 is 14.8 Å². The molecule has 0 heterocycles. The number of rotatable bonds is 11. The molecule has 8 heteroatoms. The van der Waals surface area contributed by atoms with E-state index in [1.807, 2.05) is 56.3 Å². The van der Waals surface area contributed by atoms with E-state index in [2.05, 4.69) is 34.0 Å². The number of nitrogens with zero attached hydrogens (tertiary/aromatic N) is 1. The Kier molecular flexibility index (Phi) is 9.53. The van der Waals surface area contributed by atoms with Gasteiger partial charge >= 0.3 is 0 Å². The van der Waals surface area contributed by atoms with Gasteiger partial charge in [-0.15, -0.1) is 0 Å². The first kappa shape index (κ1) is 27.7. The van der Waals surface area contributed by atoms with Gasteiger partial charge in [-0.05, 0) is 71.6 Å². The largest absolute Gasteiger partial charge is 0.490 e. The molecule has 39 heavy (non-hydrogen) atoms. The average Bonchev–Trinajstić information content (AvgIpc) is 2.93. The van der Waals surface area contributed by atoms with Crippen molar-refractivity contribution < 1.29 is 19.1 Å². The number of amides is 2. The number of anilines is 1. The summed E-state index contributed by atoms with van der Waals surface area (Å²) in [5.41, 5.74) is 5.77. The van der Waals surface area contributed by atoms with Crippen LogP contribution in [-0.4, -0.2) is 24.6 Å². The molecule has 0 aromatic heterocycles. The van der Waals surface area contributed by atoms with Gasteiger partial charge in [0, 0.05) is 23.6 Å². The molecule has 2 N–H and O–H groups in total. The summed E-state index contributed by atoms with van der Waals surface area (Å²) in [7, 11) is 0. The summed E-state index contributed by atoms with van der Waals surface area (Å²) in [5.74, 6) is 0.547. The van der Waals surface area contributed by atoms with E-state index in [0.717, 1.165) is 27.5 Å². The summed E-state index contributed by atoms with van der Waals surface area (Å²) in [6, 6.07) is 25.0. The Morgan fingerprint density at radius 3 is 2.51 bits per heavy atom. The molecule has 0 aliphatic heterocycles. The zero-order chi connectivity index (χ0) is 27.6. The molecular weight excluding hydrogens is 514 g/mol. The molecule has 0 aliphatic carbocycles. The van der Waals surface area contributed by atoms with Crippen LogP contribution in [0, 0.1) is 6.92 Å². The number of carbonyl (C=O) groups excluding carboxylic acids is 2. The van der Waals surface area contributed by atoms with Crippen molar-refractivity contribution in [3.63, 3.8) is 0 Å². The average molecular weight is 544 g/mol. The van der Waals surface area contributed by atoms with Crippen molar-refractivity contribution in [3.05, 3.63) is 101 Å². The van der Waals surface area contributed by atoms with Crippen molar-refractivity contribution in [2.75, 3.05) is 11.9 Å². The van der Waals surface area contributed by atoms with Crippen molar-refractivity contribution in [1.29, 1.82) is 0 Å². The smallest absolute Gasteiger partial charge is 0.240 e. The van der Waals surface area contributed by atoms with Gasteiger partial charge in [-0.3, -0.25) is 9.59 Å². The monoisotopic (exact) mass is 543 g/mol. The lowest BCUT2D eigenvalue weighted by Gasteiger charge is -2.13. The maximum absolute atomic E-state index is 12.2. The molecule has 0 saturated heterocycles. The van der Waals surface area contributed by atoms with Crippen LogP contribution in [0.2, 0.25) is 5.02 Å². The predicted octanol–water partition coefficient (Wildman–Crippen LogP) is 6.65. The summed E-state index contributed by atoms with van der Waals surface area (Å²) in [6.07, 6.45) is 1.53. The molecule has 0 aliphatic rings. The van der Waals surface area contributed by atoms with Crippen LogP contribution in [0.25, 0.3) is 10.8 Å². The van der Waals surface area contributed by atoms with Gasteiger partial charge in [0.05, 0.1) is 12.8 Å². The Labute approximate surface area is 232 Å². The Bertz CT molecular complexity index is 1500. The lowest BCUT2D eigenvalue weighted by molar-refractivity contribution is -0.124. The highest BCUT2D eigenvalue weighted by Crippen LogP contribution is 2.30. The highest BCUT2D eigenvalue weighted by atomic mass is 35.5. The van der Waals surface area contributed by atoms with Crippen molar-refractivity contribution in [2.24, 2.45) is 5.10 Å². The molecule has 0 saturated carbocycles. The fourth-order valence-electron chi connectivity index (χ4n) is 3.92. The van der Waals surface area contributed by atoms with Crippen LogP contribution in [0.5, 0.6) is 11.5 Å². The van der Waals surface area contributed by atoms with Gasteiger partial charge in [0.25, 0.3) is 0 Å². The highest BCUT2D eigenvalue weighted by molar-refractivity contribution is 6.31. The first-order valence-corrected chi connectivity index (χ1v) is 13.0. The minimum absolute atomic E-state index is 0.00604. The first-order valence-electron chi connectivity index (χ1n) is 12.7. The number of aryl methyl sites for hydroxylation is 1. The molecular formula is C31H30ClN3O4. The van der Waals surface area contributed by atoms with Crippen LogP contribution in [0.4, 0.5) is 5.69 Å². The normalized spacial score (nSPS) is 10.9. The lowest BCUT2D eigenvalue weighted by atomic mass is 10.1. The molecule has 2 amide bonds. The zero-order valence-corrected chi connectivity index (χ0v) is 22.6. The van der Waals surface area contributed by atoms with E-state index in [0.29, 0.717) is 35.4 Å². The van der Waals surface area contributed by atoms with Gasteiger partial charge in [-0.25, -0.2) is 5.43 Å². The van der Waals surface area contributed by atoms with Gasteiger partial charge in [0.1, 0.15) is 6.61 Å². The van der Waals surface area contributed by atoms with Crippen LogP contribution in [0.15, 0.2) is 84.0 Å². The molecule has 0 radical (unpaired) electrons. The highest BCUT2D eigenvalue weighted by Gasteiger charge is 2.10. The van der Waals surface area contributed by atoms with Crippen LogP contribution in [0.3, 0.4) is 0 Å². The molecule has 0 spiro atoms. The molecule has 0 bridgehead atoms. The van der Waals surface area contributed by atoms with Gasteiger partial charge in [0.15, 0.2) is 11.5 Å². The van der Waals surface area contributed by atoms with Crippen molar-refractivity contribution >= 4 is 46.1 Å². The van der Waals surface area contributed by atoms with Crippen LogP contribution >= 0.6 is 11.6 Å². The van der Waals surface area contributed by atoms with Crippen LogP contribution in [0.1, 0.15) is 36.5 Å². The molecule has 7 nitrogen and oxygen atoms in total. The summed E-state index contributed by atoms with van der Waals surface area (Å²) in [6.45, 7) is 4.65.